The van der Waals surface area contributed by atoms with Gasteiger partial charge in [-0.1, -0.05) is 26.7 Å². The van der Waals surface area contributed by atoms with E-state index in [1.807, 2.05) is 0 Å². The van der Waals surface area contributed by atoms with Crippen molar-refractivity contribution in [1.29, 1.82) is 5.26 Å². The van der Waals surface area contributed by atoms with Crippen molar-refractivity contribution in [3.05, 3.63) is 0 Å². The monoisotopic (exact) mass is 171 g/mol. The molecule has 64 valence electrons. The largest absolute Gasteiger partial charge is 0.198 e. The number of rotatable bonds is 6. The summed E-state index contributed by atoms with van der Waals surface area (Å²) in [6, 6.07) is 2.23. The molecular formula is C9H18NP. The van der Waals surface area contributed by atoms with Gasteiger partial charge in [0.05, 0.1) is 6.07 Å². The van der Waals surface area contributed by atoms with E-state index < -0.39 is 0 Å². The second-order valence-corrected chi connectivity index (χ2v) is 5.43. The van der Waals surface area contributed by atoms with Gasteiger partial charge in [0.1, 0.15) is 0 Å². The molecule has 0 fully saturated rings. The summed E-state index contributed by atoms with van der Waals surface area (Å²) in [5, 5.41) is 8.41. The van der Waals surface area contributed by atoms with Crippen molar-refractivity contribution in [2.45, 2.75) is 33.1 Å². The van der Waals surface area contributed by atoms with Gasteiger partial charge < -0.3 is 0 Å². The van der Waals surface area contributed by atoms with Crippen molar-refractivity contribution in [1.82, 2.24) is 0 Å². The first-order chi connectivity index (χ1) is 5.35. The zero-order chi connectivity index (χ0) is 8.53. The molecule has 0 aliphatic rings. The Morgan fingerprint density at radius 3 is 2.00 bits per heavy atom. The van der Waals surface area contributed by atoms with Crippen molar-refractivity contribution in [2.24, 2.45) is 0 Å². The van der Waals surface area contributed by atoms with Crippen LogP contribution in [0.15, 0.2) is 0 Å². The highest BCUT2D eigenvalue weighted by Crippen LogP contribution is 2.37. The van der Waals surface area contributed by atoms with Gasteiger partial charge in [0, 0.05) is 6.42 Å². The summed E-state index contributed by atoms with van der Waals surface area (Å²) in [6.07, 6.45) is 7.25. The second kappa shape index (κ2) is 8.02. The predicted molar refractivity (Wildman–Crippen MR) is 52.3 cm³/mol. The summed E-state index contributed by atoms with van der Waals surface area (Å²) in [4.78, 5) is 0. The predicted octanol–water partition coefficient (Wildman–Crippen LogP) is 3.20. The first-order valence-corrected chi connectivity index (χ1v) is 6.34. The lowest BCUT2D eigenvalue weighted by molar-refractivity contribution is 1.04. The number of nitrogens with zero attached hydrogens (tertiary/aromatic N) is 1. The second-order valence-electron chi connectivity index (χ2n) is 2.75. The fraction of sp³-hybridized carbons (Fsp3) is 0.889. The van der Waals surface area contributed by atoms with E-state index in [2.05, 4.69) is 19.9 Å². The molecule has 0 unspecified atom stereocenters. The molecule has 0 N–H and O–H groups in total. The van der Waals surface area contributed by atoms with Crippen LogP contribution in [-0.4, -0.2) is 18.5 Å². The minimum Gasteiger partial charge on any atom is -0.198 e. The Hall–Kier alpha value is -0.0800. The number of hydrogen-bond acceptors (Lipinski definition) is 1. The van der Waals surface area contributed by atoms with Crippen LogP contribution < -0.4 is 0 Å². The van der Waals surface area contributed by atoms with Gasteiger partial charge in [0.2, 0.25) is 0 Å². The van der Waals surface area contributed by atoms with Crippen LogP contribution in [0.2, 0.25) is 0 Å². The van der Waals surface area contributed by atoms with Crippen LogP contribution in [0.3, 0.4) is 0 Å². The third-order valence-corrected chi connectivity index (χ3v) is 4.63. The fourth-order valence-corrected chi connectivity index (χ4v) is 3.53. The molecule has 11 heavy (non-hydrogen) atoms. The molecular weight excluding hydrogens is 153 g/mol. The standard InChI is InChI=1S/C9H18NP/c1-3-7-11(8-4-2)9-5-6-10/h3-5,7-9H2,1-2H3. The molecule has 1 nitrogen and oxygen atoms in total. The molecule has 0 heterocycles. The van der Waals surface area contributed by atoms with Crippen LogP contribution in [0, 0.1) is 11.3 Å². The smallest absolute Gasteiger partial charge is 0.0625 e. The molecule has 0 atom stereocenters. The van der Waals surface area contributed by atoms with Crippen LogP contribution in [0.1, 0.15) is 33.1 Å². The Balaban J connectivity index is 3.44. The zero-order valence-electron chi connectivity index (χ0n) is 7.64. The molecule has 0 bridgehead atoms. The Morgan fingerprint density at radius 1 is 1.09 bits per heavy atom. The van der Waals surface area contributed by atoms with Gasteiger partial charge in [-0.15, -0.1) is 7.92 Å². The van der Waals surface area contributed by atoms with E-state index >= 15 is 0 Å². The molecule has 0 aliphatic carbocycles. The van der Waals surface area contributed by atoms with Gasteiger partial charge >= 0.3 is 0 Å². The summed E-state index contributed by atoms with van der Waals surface area (Å²) in [6.45, 7) is 4.47. The average molecular weight is 171 g/mol. The maximum atomic E-state index is 8.41. The SMILES string of the molecule is CCCP(CCC)CCC#N. The topological polar surface area (TPSA) is 23.8 Å². The van der Waals surface area contributed by atoms with Gasteiger partial charge in [-0.3, -0.25) is 0 Å². The zero-order valence-corrected chi connectivity index (χ0v) is 8.53. The lowest BCUT2D eigenvalue weighted by Crippen LogP contribution is -1.92. The maximum absolute atomic E-state index is 8.41. The normalized spacial score (nSPS) is 10.0. The van der Waals surface area contributed by atoms with Gasteiger partial charge in [-0.05, 0) is 18.5 Å². The summed E-state index contributed by atoms with van der Waals surface area (Å²) < 4.78 is 0. The molecule has 0 aromatic rings. The summed E-state index contributed by atoms with van der Waals surface area (Å²) >= 11 is 0. The van der Waals surface area contributed by atoms with E-state index in [4.69, 9.17) is 5.26 Å². The van der Waals surface area contributed by atoms with Gasteiger partial charge in [-0.2, -0.15) is 5.26 Å². The van der Waals surface area contributed by atoms with Crippen LogP contribution >= 0.6 is 7.92 Å². The Labute approximate surface area is 71.6 Å². The van der Waals surface area contributed by atoms with Crippen molar-refractivity contribution < 1.29 is 0 Å². The minimum absolute atomic E-state index is 0.211. The molecule has 0 saturated heterocycles. The molecule has 0 rings (SSSR count). The average Bonchev–Trinajstić information content (AvgIpc) is 2.01. The van der Waals surface area contributed by atoms with E-state index in [0.717, 1.165) is 6.42 Å². The van der Waals surface area contributed by atoms with E-state index in [1.54, 1.807) is 0 Å². The molecule has 0 radical (unpaired) electrons. The molecule has 0 aliphatic heterocycles. The molecule has 0 aromatic carbocycles. The minimum atomic E-state index is 0.211. The van der Waals surface area contributed by atoms with Crippen LogP contribution in [0.4, 0.5) is 0 Å². The van der Waals surface area contributed by atoms with Gasteiger partial charge in [-0.25, -0.2) is 0 Å². The molecule has 0 spiro atoms. The van der Waals surface area contributed by atoms with E-state index in [-0.39, 0.29) is 7.92 Å². The van der Waals surface area contributed by atoms with Crippen LogP contribution in [-0.2, 0) is 0 Å². The van der Waals surface area contributed by atoms with Crippen molar-refractivity contribution >= 4 is 7.92 Å². The summed E-state index contributed by atoms with van der Waals surface area (Å²) in [5.41, 5.74) is 0. The van der Waals surface area contributed by atoms with Gasteiger partial charge in [0.15, 0.2) is 0 Å². The number of hydrogen-bond donors (Lipinski definition) is 0. The van der Waals surface area contributed by atoms with E-state index in [9.17, 15) is 0 Å². The van der Waals surface area contributed by atoms with Crippen molar-refractivity contribution in [3.8, 4) is 6.07 Å². The quantitative estimate of drug-likeness (QED) is 0.563. The first kappa shape index (κ1) is 10.9. The molecule has 2 heteroatoms. The van der Waals surface area contributed by atoms with Crippen molar-refractivity contribution in [3.63, 3.8) is 0 Å². The molecule has 0 amide bonds. The third-order valence-electron chi connectivity index (χ3n) is 1.62. The highest BCUT2D eigenvalue weighted by atomic mass is 31.1. The lowest BCUT2D eigenvalue weighted by atomic mass is 10.5. The maximum Gasteiger partial charge on any atom is 0.0625 e. The fourth-order valence-electron chi connectivity index (χ4n) is 1.18. The molecule has 0 saturated carbocycles. The van der Waals surface area contributed by atoms with Crippen molar-refractivity contribution in [2.75, 3.05) is 18.5 Å². The highest BCUT2D eigenvalue weighted by Gasteiger charge is 2.03. The van der Waals surface area contributed by atoms with E-state index in [0.29, 0.717) is 0 Å². The Kier molecular flexibility index (Phi) is 7.96. The third kappa shape index (κ3) is 6.32. The first-order valence-electron chi connectivity index (χ1n) is 4.44. The lowest BCUT2D eigenvalue weighted by Gasteiger charge is -2.13. The molecule has 0 aromatic heterocycles. The van der Waals surface area contributed by atoms with Gasteiger partial charge in [0.25, 0.3) is 0 Å². The highest BCUT2D eigenvalue weighted by molar-refractivity contribution is 7.57. The Morgan fingerprint density at radius 2 is 1.64 bits per heavy atom. The number of nitriles is 1. The van der Waals surface area contributed by atoms with Crippen LogP contribution in [0.5, 0.6) is 0 Å². The van der Waals surface area contributed by atoms with Crippen LogP contribution in [0.25, 0.3) is 0 Å². The summed E-state index contributed by atoms with van der Waals surface area (Å²) in [7, 11) is 0.211. The summed E-state index contributed by atoms with van der Waals surface area (Å²) in [5.74, 6) is 0. The Bertz CT molecular complexity index is 111. The van der Waals surface area contributed by atoms with E-state index in [1.165, 1.54) is 31.3 Å².